The van der Waals surface area contributed by atoms with E-state index in [0.29, 0.717) is 11.5 Å². The number of benzene rings is 1. The van der Waals surface area contributed by atoms with Crippen molar-refractivity contribution in [3.8, 4) is 0 Å². The van der Waals surface area contributed by atoms with E-state index in [2.05, 4.69) is 0 Å². The molecule has 0 amide bonds. The van der Waals surface area contributed by atoms with Gasteiger partial charge in [-0.1, -0.05) is 6.07 Å². The summed E-state index contributed by atoms with van der Waals surface area (Å²) in [5.41, 5.74) is 1.96. The first-order chi connectivity index (χ1) is 8.08. The van der Waals surface area contributed by atoms with Gasteiger partial charge >= 0.3 is 0 Å². The molecule has 0 heterocycles. The first-order valence-electron chi connectivity index (χ1n) is 5.71. The lowest BCUT2D eigenvalue weighted by atomic mass is 10.1. The number of nitrogens with zero attached hydrogens (tertiary/aromatic N) is 2. The molecule has 1 aromatic carbocycles. The molecule has 90 valence electrons. The van der Waals surface area contributed by atoms with Gasteiger partial charge in [0.1, 0.15) is 0 Å². The minimum atomic E-state index is -0.304. The van der Waals surface area contributed by atoms with Crippen LogP contribution in [0.15, 0.2) is 24.4 Å². The molecule has 0 atom stereocenters. The van der Waals surface area contributed by atoms with Crippen LogP contribution in [0.5, 0.6) is 0 Å². The van der Waals surface area contributed by atoms with Crippen molar-refractivity contribution in [3.05, 3.63) is 45.6 Å². The minimum Gasteiger partial charge on any atom is -0.383 e. The molecule has 2 rings (SSSR count). The topological polar surface area (TPSA) is 46.4 Å². The average Bonchev–Trinajstić information content (AvgIpc) is 3.09. The summed E-state index contributed by atoms with van der Waals surface area (Å²) < 4.78 is 0. The van der Waals surface area contributed by atoms with Crippen LogP contribution < -0.4 is 0 Å². The highest BCUT2D eigenvalue weighted by Gasteiger charge is 2.25. The molecule has 0 bridgehead atoms. The lowest BCUT2D eigenvalue weighted by molar-refractivity contribution is -0.385. The van der Waals surface area contributed by atoms with Gasteiger partial charge in [0.25, 0.3) is 5.69 Å². The first-order valence-corrected chi connectivity index (χ1v) is 5.71. The Balaban J connectivity index is 2.33. The molecule has 1 aromatic rings. The maximum Gasteiger partial charge on any atom is 0.276 e. The number of nitro groups is 1. The van der Waals surface area contributed by atoms with Crippen molar-refractivity contribution in [1.29, 1.82) is 0 Å². The molecule has 4 heteroatoms. The van der Waals surface area contributed by atoms with Crippen LogP contribution in [-0.4, -0.2) is 23.9 Å². The normalized spacial score (nSPS) is 15.2. The van der Waals surface area contributed by atoms with E-state index in [1.165, 1.54) is 0 Å². The van der Waals surface area contributed by atoms with Gasteiger partial charge in [-0.25, -0.2) is 0 Å². The van der Waals surface area contributed by atoms with Crippen molar-refractivity contribution in [2.45, 2.75) is 18.8 Å². The Morgan fingerprint density at radius 3 is 2.65 bits per heavy atom. The SMILES string of the molecule is CN(C)/C=C/c1ccc(C2CC2)cc1[N+](=O)[O-]. The average molecular weight is 232 g/mol. The van der Waals surface area contributed by atoms with Gasteiger partial charge in [-0.3, -0.25) is 10.1 Å². The summed E-state index contributed by atoms with van der Waals surface area (Å²) in [7, 11) is 3.78. The molecule has 0 N–H and O–H groups in total. The van der Waals surface area contributed by atoms with Gasteiger partial charge < -0.3 is 4.90 Å². The van der Waals surface area contributed by atoms with Crippen molar-refractivity contribution >= 4 is 11.8 Å². The molecular formula is C13H16N2O2. The van der Waals surface area contributed by atoms with Crippen molar-refractivity contribution in [2.75, 3.05) is 14.1 Å². The predicted molar refractivity (Wildman–Crippen MR) is 67.8 cm³/mol. The minimum absolute atomic E-state index is 0.201. The third-order valence-electron chi connectivity index (χ3n) is 2.85. The summed E-state index contributed by atoms with van der Waals surface area (Å²) in [5, 5.41) is 11.0. The molecule has 1 aliphatic carbocycles. The molecule has 0 spiro atoms. The number of nitro benzene ring substituents is 1. The third kappa shape index (κ3) is 2.84. The molecule has 4 nitrogen and oxygen atoms in total. The maximum absolute atomic E-state index is 11.0. The van der Waals surface area contributed by atoms with E-state index >= 15 is 0 Å². The second-order valence-electron chi connectivity index (χ2n) is 4.63. The zero-order valence-electron chi connectivity index (χ0n) is 10.1. The molecule has 0 unspecified atom stereocenters. The van der Waals surface area contributed by atoms with Crippen molar-refractivity contribution < 1.29 is 4.92 Å². The highest BCUT2D eigenvalue weighted by atomic mass is 16.6. The molecule has 0 aromatic heterocycles. The fourth-order valence-corrected chi connectivity index (χ4v) is 1.76. The largest absolute Gasteiger partial charge is 0.383 e. The molecule has 0 aliphatic heterocycles. The van der Waals surface area contributed by atoms with Crippen LogP contribution in [0.25, 0.3) is 6.08 Å². The summed E-state index contributed by atoms with van der Waals surface area (Å²) in [6.07, 6.45) is 5.90. The standard InChI is InChI=1S/C13H16N2O2/c1-14(2)8-7-11-5-6-12(10-3-4-10)9-13(11)15(16)17/h5-10H,3-4H2,1-2H3/b8-7+. The Kier molecular flexibility index (Phi) is 3.13. The van der Waals surface area contributed by atoms with Crippen LogP contribution in [0.1, 0.15) is 29.9 Å². The van der Waals surface area contributed by atoms with Gasteiger partial charge in [0.2, 0.25) is 0 Å². The molecule has 1 saturated carbocycles. The van der Waals surface area contributed by atoms with E-state index in [-0.39, 0.29) is 10.6 Å². The zero-order chi connectivity index (χ0) is 12.4. The van der Waals surface area contributed by atoms with Crippen LogP contribution >= 0.6 is 0 Å². The summed E-state index contributed by atoms with van der Waals surface area (Å²) in [6.45, 7) is 0. The van der Waals surface area contributed by atoms with Crippen LogP contribution in [0, 0.1) is 10.1 Å². The van der Waals surface area contributed by atoms with Crippen LogP contribution in [0.2, 0.25) is 0 Å². The highest BCUT2D eigenvalue weighted by molar-refractivity contribution is 5.62. The Labute approximate surface area is 101 Å². The predicted octanol–water partition coefficient (Wildman–Crippen LogP) is 3.00. The molecule has 0 radical (unpaired) electrons. The zero-order valence-corrected chi connectivity index (χ0v) is 10.1. The first kappa shape index (κ1) is 11.6. The monoisotopic (exact) mass is 232 g/mol. The fraction of sp³-hybridized carbons (Fsp3) is 0.385. The lowest BCUT2D eigenvalue weighted by Crippen LogP contribution is -2.00. The van der Waals surface area contributed by atoms with Crippen LogP contribution in [0.3, 0.4) is 0 Å². The van der Waals surface area contributed by atoms with Crippen molar-refractivity contribution in [1.82, 2.24) is 4.90 Å². The smallest absolute Gasteiger partial charge is 0.276 e. The van der Waals surface area contributed by atoms with Crippen LogP contribution in [-0.2, 0) is 0 Å². The van der Waals surface area contributed by atoms with E-state index in [1.54, 1.807) is 12.1 Å². The number of hydrogen-bond acceptors (Lipinski definition) is 3. The van der Waals surface area contributed by atoms with Crippen molar-refractivity contribution in [2.24, 2.45) is 0 Å². The molecular weight excluding hydrogens is 216 g/mol. The highest BCUT2D eigenvalue weighted by Crippen LogP contribution is 2.41. The van der Waals surface area contributed by atoms with E-state index in [4.69, 9.17) is 0 Å². The Morgan fingerprint density at radius 1 is 1.41 bits per heavy atom. The Bertz CT molecular complexity index is 462. The fourth-order valence-electron chi connectivity index (χ4n) is 1.76. The molecule has 1 fully saturated rings. The summed E-state index contributed by atoms with van der Waals surface area (Å²) in [5.74, 6) is 0.542. The van der Waals surface area contributed by atoms with E-state index in [9.17, 15) is 10.1 Å². The lowest BCUT2D eigenvalue weighted by Gasteiger charge is -2.05. The number of hydrogen-bond donors (Lipinski definition) is 0. The van der Waals surface area contributed by atoms with Crippen molar-refractivity contribution in [3.63, 3.8) is 0 Å². The van der Waals surface area contributed by atoms with E-state index in [1.807, 2.05) is 37.3 Å². The Hall–Kier alpha value is -1.84. The molecule has 17 heavy (non-hydrogen) atoms. The maximum atomic E-state index is 11.0. The van der Waals surface area contributed by atoms with E-state index < -0.39 is 0 Å². The molecule has 0 saturated heterocycles. The van der Waals surface area contributed by atoms with Gasteiger partial charge in [0, 0.05) is 20.2 Å². The summed E-state index contributed by atoms with van der Waals surface area (Å²) in [4.78, 5) is 12.6. The quantitative estimate of drug-likeness (QED) is 0.592. The van der Waals surface area contributed by atoms with Gasteiger partial charge in [-0.15, -0.1) is 0 Å². The third-order valence-corrected chi connectivity index (χ3v) is 2.85. The second-order valence-corrected chi connectivity index (χ2v) is 4.63. The Morgan fingerprint density at radius 2 is 2.12 bits per heavy atom. The van der Waals surface area contributed by atoms with Gasteiger partial charge in [-0.2, -0.15) is 0 Å². The van der Waals surface area contributed by atoms with E-state index in [0.717, 1.165) is 18.4 Å². The summed E-state index contributed by atoms with van der Waals surface area (Å²) >= 11 is 0. The summed E-state index contributed by atoms with van der Waals surface area (Å²) in [6, 6.07) is 5.55. The number of rotatable bonds is 4. The second kappa shape index (κ2) is 4.57. The molecule has 1 aliphatic rings. The van der Waals surface area contributed by atoms with Gasteiger partial charge in [0.15, 0.2) is 0 Å². The van der Waals surface area contributed by atoms with Gasteiger partial charge in [-0.05, 0) is 42.7 Å². The van der Waals surface area contributed by atoms with Gasteiger partial charge in [0.05, 0.1) is 10.5 Å². The van der Waals surface area contributed by atoms with Crippen LogP contribution in [0.4, 0.5) is 5.69 Å².